The predicted molar refractivity (Wildman–Crippen MR) is 88.0 cm³/mol. The first kappa shape index (κ1) is 16.3. The van der Waals surface area contributed by atoms with Gasteiger partial charge in [0.25, 0.3) is 0 Å². The summed E-state index contributed by atoms with van der Waals surface area (Å²) in [4.78, 5) is 23.5. The Morgan fingerprint density at radius 3 is 2.36 bits per heavy atom. The number of carbonyl (C=O) groups excluding carboxylic acids is 1. The van der Waals surface area contributed by atoms with Crippen LogP contribution in [0.4, 0.5) is 0 Å². The van der Waals surface area contributed by atoms with Gasteiger partial charge < -0.3 is 9.67 Å². The molecule has 0 fully saturated rings. The van der Waals surface area contributed by atoms with Crippen molar-refractivity contribution in [3.05, 3.63) is 34.5 Å². The third kappa shape index (κ3) is 2.54. The lowest BCUT2D eigenvalue weighted by Gasteiger charge is -2.14. The van der Waals surface area contributed by atoms with Crippen molar-refractivity contribution in [3.8, 4) is 0 Å². The molecule has 1 heterocycles. The Morgan fingerprint density at radius 1 is 1.27 bits per heavy atom. The monoisotopic (exact) mass is 301 g/mol. The fourth-order valence-electron chi connectivity index (χ4n) is 3.16. The van der Waals surface area contributed by atoms with E-state index in [9.17, 15) is 14.7 Å². The maximum Gasteiger partial charge on any atom is 0.335 e. The predicted octanol–water partition coefficient (Wildman–Crippen LogP) is 4.38. The standard InChI is InChI=1S/C18H23NO3/c1-6-7-19-11(4)16(12(5)20)15-9-13(18(21)22)8-14(10(2)3)17(15)19/h8-10H,6-7H2,1-5H3,(H,21,22). The van der Waals surface area contributed by atoms with Gasteiger partial charge >= 0.3 is 5.97 Å². The molecule has 4 nitrogen and oxygen atoms in total. The molecule has 4 heteroatoms. The van der Waals surface area contributed by atoms with Gasteiger partial charge in [0.1, 0.15) is 0 Å². The number of aromatic nitrogens is 1. The van der Waals surface area contributed by atoms with Gasteiger partial charge in [0, 0.05) is 23.2 Å². The number of hydrogen-bond acceptors (Lipinski definition) is 2. The van der Waals surface area contributed by atoms with Crippen LogP contribution < -0.4 is 0 Å². The van der Waals surface area contributed by atoms with Crippen LogP contribution in [-0.4, -0.2) is 21.4 Å². The third-order valence-electron chi connectivity index (χ3n) is 4.11. The van der Waals surface area contributed by atoms with Crippen LogP contribution >= 0.6 is 0 Å². The van der Waals surface area contributed by atoms with E-state index in [-0.39, 0.29) is 17.3 Å². The van der Waals surface area contributed by atoms with Crippen LogP contribution in [0, 0.1) is 6.92 Å². The molecule has 22 heavy (non-hydrogen) atoms. The van der Waals surface area contributed by atoms with E-state index in [2.05, 4.69) is 11.5 Å². The highest BCUT2D eigenvalue weighted by Gasteiger charge is 2.22. The highest BCUT2D eigenvalue weighted by atomic mass is 16.4. The quantitative estimate of drug-likeness (QED) is 0.833. The zero-order chi connectivity index (χ0) is 16.6. The van der Waals surface area contributed by atoms with Gasteiger partial charge in [0.2, 0.25) is 0 Å². The Balaban J connectivity index is 3.00. The van der Waals surface area contributed by atoms with E-state index in [0.29, 0.717) is 5.56 Å². The fourth-order valence-corrected chi connectivity index (χ4v) is 3.16. The van der Waals surface area contributed by atoms with E-state index in [1.807, 2.05) is 20.8 Å². The summed E-state index contributed by atoms with van der Waals surface area (Å²) < 4.78 is 2.16. The molecule has 2 aromatic rings. The number of carboxylic acid groups (broad SMARTS) is 1. The van der Waals surface area contributed by atoms with Crippen LogP contribution in [0.1, 0.15) is 72.0 Å². The summed E-state index contributed by atoms with van der Waals surface area (Å²) >= 11 is 0. The summed E-state index contributed by atoms with van der Waals surface area (Å²) in [6.45, 7) is 10.5. The van der Waals surface area contributed by atoms with Crippen molar-refractivity contribution in [2.75, 3.05) is 0 Å². The van der Waals surface area contributed by atoms with Crippen molar-refractivity contribution >= 4 is 22.7 Å². The number of Topliss-reactive ketones (excluding diaryl/α,β-unsaturated/α-hetero) is 1. The van der Waals surface area contributed by atoms with E-state index in [1.165, 1.54) is 0 Å². The van der Waals surface area contributed by atoms with Gasteiger partial charge in [0.05, 0.1) is 11.1 Å². The number of aryl methyl sites for hydroxylation is 1. The minimum Gasteiger partial charge on any atom is -0.478 e. The SMILES string of the molecule is CCCn1c(C)c(C(C)=O)c2cc(C(=O)O)cc(C(C)C)c21. The number of aromatic carboxylic acids is 1. The number of ketones is 1. The first-order chi connectivity index (χ1) is 10.3. The topological polar surface area (TPSA) is 59.3 Å². The van der Waals surface area contributed by atoms with Crippen LogP contribution in [0.3, 0.4) is 0 Å². The number of hydrogen-bond donors (Lipinski definition) is 1. The van der Waals surface area contributed by atoms with Gasteiger partial charge in [-0.25, -0.2) is 4.79 Å². The fraction of sp³-hybridized carbons (Fsp3) is 0.444. The molecule has 0 spiro atoms. The Labute approximate surface area is 130 Å². The van der Waals surface area contributed by atoms with Crippen LogP contribution in [0.25, 0.3) is 10.9 Å². The Hall–Kier alpha value is -2.10. The zero-order valence-corrected chi connectivity index (χ0v) is 13.9. The summed E-state index contributed by atoms with van der Waals surface area (Å²) in [5.74, 6) is -0.791. The average Bonchev–Trinajstić information content (AvgIpc) is 2.70. The molecule has 2 rings (SSSR count). The van der Waals surface area contributed by atoms with E-state index in [4.69, 9.17) is 0 Å². The molecule has 0 saturated heterocycles. The molecule has 0 unspecified atom stereocenters. The molecular formula is C18H23NO3. The van der Waals surface area contributed by atoms with Crippen molar-refractivity contribution in [2.45, 2.75) is 53.5 Å². The smallest absolute Gasteiger partial charge is 0.335 e. The van der Waals surface area contributed by atoms with Gasteiger partial charge in [-0.3, -0.25) is 4.79 Å². The second-order valence-electron chi connectivity index (χ2n) is 6.09. The second-order valence-corrected chi connectivity index (χ2v) is 6.09. The number of carbonyl (C=O) groups is 2. The third-order valence-corrected chi connectivity index (χ3v) is 4.11. The van der Waals surface area contributed by atoms with Crippen LogP contribution in [-0.2, 0) is 6.54 Å². The van der Waals surface area contributed by atoms with Crippen LogP contribution in [0.15, 0.2) is 12.1 Å². The molecule has 118 valence electrons. The number of nitrogens with zero attached hydrogens (tertiary/aromatic N) is 1. The molecule has 0 radical (unpaired) electrons. The van der Waals surface area contributed by atoms with Gasteiger partial charge in [-0.1, -0.05) is 20.8 Å². The maximum atomic E-state index is 12.1. The summed E-state index contributed by atoms with van der Waals surface area (Å²) in [5, 5.41) is 10.1. The molecule has 0 amide bonds. The van der Waals surface area contributed by atoms with E-state index < -0.39 is 5.97 Å². The molecule has 0 aliphatic heterocycles. The van der Waals surface area contributed by atoms with Crippen molar-refractivity contribution in [1.82, 2.24) is 4.57 Å². The van der Waals surface area contributed by atoms with Gasteiger partial charge in [-0.2, -0.15) is 0 Å². The van der Waals surface area contributed by atoms with Gasteiger partial charge in [-0.05, 0) is 43.9 Å². The number of carboxylic acids is 1. The molecule has 0 saturated carbocycles. The summed E-state index contributed by atoms with van der Waals surface area (Å²) in [5.41, 5.74) is 3.80. The molecule has 1 aromatic heterocycles. The highest BCUT2D eigenvalue weighted by molar-refractivity contribution is 6.10. The maximum absolute atomic E-state index is 12.1. The van der Waals surface area contributed by atoms with Crippen LogP contribution in [0.2, 0.25) is 0 Å². The molecule has 1 aromatic carbocycles. The molecule has 0 aliphatic rings. The number of fused-ring (bicyclic) bond motifs is 1. The Kier molecular flexibility index (Phi) is 4.40. The normalized spacial score (nSPS) is 11.4. The summed E-state index contributed by atoms with van der Waals surface area (Å²) in [6, 6.07) is 3.38. The van der Waals surface area contributed by atoms with Crippen molar-refractivity contribution in [3.63, 3.8) is 0 Å². The van der Waals surface area contributed by atoms with Gasteiger partial charge in [-0.15, -0.1) is 0 Å². The minimum absolute atomic E-state index is 0.0189. The highest BCUT2D eigenvalue weighted by Crippen LogP contribution is 2.34. The summed E-state index contributed by atoms with van der Waals surface area (Å²) in [7, 11) is 0. The average molecular weight is 301 g/mol. The molecule has 1 N–H and O–H groups in total. The van der Waals surface area contributed by atoms with Crippen molar-refractivity contribution in [1.29, 1.82) is 0 Å². The lowest BCUT2D eigenvalue weighted by molar-refractivity contribution is 0.0696. The number of rotatable bonds is 5. The second kappa shape index (κ2) is 5.95. The van der Waals surface area contributed by atoms with Crippen LogP contribution in [0.5, 0.6) is 0 Å². The number of benzene rings is 1. The Bertz CT molecular complexity index is 754. The Morgan fingerprint density at radius 2 is 1.91 bits per heavy atom. The molecular weight excluding hydrogens is 278 g/mol. The first-order valence-corrected chi connectivity index (χ1v) is 7.70. The molecule has 0 atom stereocenters. The first-order valence-electron chi connectivity index (χ1n) is 7.70. The minimum atomic E-state index is -0.959. The zero-order valence-electron chi connectivity index (χ0n) is 13.9. The lowest BCUT2D eigenvalue weighted by atomic mass is 9.95. The molecule has 0 bridgehead atoms. The van der Waals surface area contributed by atoms with Gasteiger partial charge in [0.15, 0.2) is 5.78 Å². The van der Waals surface area contributed by atoms with Crippen molar-refractivity contribution in [2.24, 2.45) is 0 Å². The van der Waals surface area contributed by atoms with Crippen molar-refractivity contribution < 1.29 is 14.7 Å². The van der Waals surface area contributed by atoms with E-state index in [0.717, 1.165) is 35.1 Å². The van der Waals surface area contributed by atoms with E-state index >= 15 is 0 Å². The molecule has 0 aliphatic carbocycles. The summed E-state index contributed by atoms with van der Waals surface area (Å²) in [6.07, 6.45) is 0.959. The lowest BCUT2D eigenvalue weighted by Crippen LogP contribution is -2.04. The van der Waals surface area contributed by atoms with E-state index in [1.54, 1.807) is 19.1 Å². The largest absolute Gasteiger partial charge is 0.478 e.